The molecule has 1 N–H and O–H groups in total. The van der Waals surface area contributed by atoms with E-state index < -0.39 is 0 Å². The molecule has 3 saturated heterocycles. The van der Waals surface area contributed by atoms with Gasteiger partial charge in [0.2, 0.25) is 5.91 Å². The largest absolute Gasteiger partial charge is 0.328 e. The summed E-state index contributed by atoms with van der Waals surface area (Å²) < 4.78 is 1.81. The third-order valence-electron chi connectivity index (χ3n) is 7.50. The highest BCUT2D eigenvalue weighted by Gasteiger charge is 2.40. The molecule has 0 saturated carbocycles. The van der Waals surface area contributed by atoms with Gasteiger partial charge >= 0.3 is 6.03 Å². The summed E-state index contributed by atoms with van der Waals surface area (Å²) in [4.78, 5) is 32.5. The number of imide groups is 1. The predicted molar refractivity (Wildman–Crippen MR) is 124 cm³/mol. The number of urea groups is 1. The van der Waals surface area contributed by atoms with E-state index in [2.05, 4.69) is 38.5 Å². The molecule has 3 fully saturated rings. The summed E-state index contributed by atoms with van der Waals surface area (Å²) in [6, 6.07) is 9.44. The lowest BCUT2D eigenvalue weighted by atomic mass is 9.85. The van der Waals surface area contributed by atoms with Gasteiger partial charge in [-0.1, -0.05) is 6.07 Å². The van der Waals surface area contributed by atoms with Gasteiger partial charge in [0, 0.05) is 50.2 Å². The fourth-order valence-corrected chi connectivity index (χ4v) is 5.99. The van der Waals surface area contributed by atoms with Crippen LogP contribution in [0.4, 0.5) is 10.5 Å². The van der Waals surface area contributed by atoms with Gasteiger partial charge in [-0.05, 0) is 67.3 Å². The fourth-order valence-electron chi connectivity index (χ4n) is 5.99. The van der Waals surface area contributed by atoms with Gasteiger partial charge < -0.3 is 0 Å². The van der Waals surface area contributed by atoms with E-state index in [1.807, 2.05) is 29.2 Å². The number of carbonyl (C=O) groups is 2. The van der Waals surface area contributed by atoms with Crippen LogP contribution in [0.2, 0.25) is 0 Å². The first-order valence-corrected chi connectivity index (χ1v) is 11.9. The van der Waals surface area contributed by atoms with Crippen molar-refractivity contribution in [1.82, 2.24) is 24.8 Å². The van der Waals surface area contributed by atoms with Gasteiger partial charge in [0.25, 0.3) is 0 Å². The highest BCUT2D eigenvalue weighted by molar-refractivity contribution is 6.07. The Morgan fingerprint density at radius 3 is 2.67 bits per heavy atom. The number of carbonyl (C=O) groups excluding carboxylic acids is 2. The first-order chi connectivity index (χ1) is 16.1. The smallest absolute Gasteiger partial charge is 0.293 e. The van der Waals surface area contributed by atoms with Crippen LogP contribution in [0.15, 0.2) is 49.1 Å². The standard InChI is InChI=1S/C25H28N6O2/c32-24-6-8-29(25(33)28-24)23-15-27-31-9-5-17(13-22(23)31)10-19-11-20-3-4-21(12-19)30(20)16-18-2-1-7-26-14-18/h1-2,5,7,9,13-15,19-21H,3-4,6,8,10-12,16H2,(H,28,32,33)/t19?,20-,21+. The van der Waals surface area contributed by atoms with Gasteiger partial charge in [0.05, 0.1) is 17.4 Å². The molecule has 0 aromatic carbocycles. The Hall–Kier alpha value is -3.26. The number of hydrogen-bond donors (Lipinski definition) is 1. The minimum atomic E-state index is -0.371. The summed E-state index contributed by atoms with van der Waals surface area (Å²) in [6.45, 7) is 1.39. The number of fused-ring (bicyclic) bond motifs is 3. The van der Waals surface area contributed by atoms with E-state index in [0.717, 1.165) is 24.2 Å². The Morgan fingerprint density at radius 1 is 1.06 bits per heavy atom. The molecule has 3 aliphatic heterocycles. The van der Waals surface area contributed by atoms with Crippen LogP contribution in [-0.2, 0) is 17.8 Å². The molecule has 3 amide bonds. The van der Waals surface area contributed by atoms with Crippen molar-refractivity contribution >= 4 is 23.1 Å². The van der Waals surface area contributed by atoms with Crippen molar-refractivity contribution in [3.8, 4) is 0 Å². The highest BCUT2D eigenvalue weighted by Crippen LogP contribution is 2.41. The van der Waals surface area contributed by atoms with Gasteiger partial charge in [-0.2, -0.15) is 5.10 Å². The second-order valence-corrected chi connectivity index (χ2v) is 9.61. The SMILES string of the molecule is O=C1CCN(c2cnn3ccc(CC4C[C@H]5CC[C@@H](C4)N5Cc4cccnc4)cc23)C(=O)N1. The lowest BCUT2D eigenvalue weighted by Crippen LogP contribution is -2.49. The average Bonchev–Trinajstić information content (AvgIpc) is 3.31. The normalized spacial score (nSPS) is 25.6. The first-order valence-electron chi connectivity index (χ1n) is 11.9. The van der Waals surface area contributed by atoms with Crippen LogP contribution < -0.4 is 10.2 Å². The molecule has 8 nitrogen and oxygen atoms in total. The Kier molecular flexibility index (Phi) is 5.10. The molecule has 3 aromatic rings. The third-order valence-corrected chi connectivity index (χ3v) is 7.50. The number of anilines is 1. The predicted octanol–water partition coefficient (Wildman–Crippen LogP) is 3.16. The summed E-state index contributed by atoms with van der Waals surface area (Å²) in [5.41, 5.74) is 4.25. The van der Waals surface area contributed by atoms with E-state index in [0.29, 0.717) is 31.0 Å². The van der Waals surface area contributed by atoms with Crippen molar-refractivity contribution < 1.29 is 9.59 Å². The van der Waals surface area contributed by atoms with Crippen molar-refractivity contribution in [3.63, 3.8) is 0 Å². The lowest BCUT2D eigenvalue weighted by molar-refractivity contribution is -0.120. The van der Waals surface area contributed by atoms with Crippen molar-refractivity contribution in [3.05, 3.63) is 60.2 Å². The molecule has 3 aromatic heterocycles. The summed E-state index contributed by atoms with van der Waals surface area (Å²) >= 11 is 0. The molecule has 3 atom stereocenters. The van der Waals surface area contributed by atoms with Crippen molar-refractivity contribution in [2.24, 2.45) is 5.92 Å². The zero-order valence-corrected chi connectivity index (χ0v) is 18.6. The third kappa shape index (κ3) is 3.88. The van der Waals surface area contributed by atoms with Gasteiger partial charge in [0.1, 0.15) is 0 Å². The average molecular weight is 445 g/mol. The van der Waals surface area contributed by atoms with Crippen LogP contribution in [0.3, 0.4) is 0 Å². The Balaban J connectivity index is 1.17. The van der Waals surface area contributed by atoms with Crippen LogP contribution >= 0.6 is 0 Å². The Labute approximate surface area is 192 Å². The van der Waals surface area contributed by atoms with Crippen molar-refractivity contribution in [1.29, 1.82) is 0 Å². The second kappa shape index (κ2) is 8.26. The van der Waals surface area contributed by atoms with E-state index in [-0.39, 0.29) is 11.9 Å². The van der Waals surface area contributed by atoms with Crippen LogP contribution in [0, 0.1) is 5.92 Å². The number of piperidine rings is 1. The minimum absolute atomic E-state index is 0.224. The van der Waals surface area contributed by atoms with Crippen LogP contribution in [0.1, 0.15) is 43.2 Å². The van der Waals surface area contributed by atoms with E-state index >= 15 is 0 Å². The number of nitrogens with one attached hydrogen (secondary N) is 1. The molecule has 0 spiro atoms. The maximum absolute atomic E-state index is 12.3. The van der Waals surface area contributed by atoms with Crippen molar-refractivity contribution in [2.45, 2.75) is 57.2 Å². The molecule has 33 heavy (non-hydrogen) atoms. The van der Waals surface area contributed by atoms with Crippen molar-refractivity contribution in [2.75, 3.05) is 11.4 Å². The van der Waals surface area contributed by atoms with Gasteiger partial charge in [-0.25, -0.2) is 9.31 Å². The molecule has 6 rings (SSSR count). The summed E-state index contributed by atoms with van der Waals surface area (Å²) in [7, 11) is 0. The maximum Gasteiger partial charge on any atom is 0.328 e. The molecule has 0 radical (unpaired) electrons. The minimum Gasteiger partial charge on any atom is -0.293 e. The fraction of sp³-hybridized carbons (Fsp3) is 0.440. The number of hydrogen-bond acceptors (Lipinski definition) is 5. The zero-order chi connectivity index (χ0) is 22.4. The van der Waals surface area contributed by atoms with Gasteiger partial charge in [-0.15, -0.1) is 0 Å². The maximum atomic E-state index is 12.3. The molecule has 2 bridgehead atoms. The van der Waals surface area contributed by atoms with Gasteiger partial charge in [0.15, 0.2) is 0 Å². The number of nitrogens with zero attached hydrogens (tertiary/aromatic N) is 5. The van der Waals surface area contributed by atoms with E-state index in [1.165, 1.54) is 36.8 Å². The molecule has 1 unspecified atom stereocenters. The monoisotopic (exact) mass is 444 g/mol. The molecular weight excluding hydrogens is 416 g/mol. The second-order valence-electron chi connectivity index (χ2n) is 9.61. The highest BCUT2D eigenvalue weighted by atomic mass is 16.2. The summed E-state index contributed by atoms with van der Waals surface area (Å²) in [5.74, 6) is 0.440. The van der Waals surface area contributed by atoms with Gasteiger partial charge in [-0.3, -0.25) is 24.9 Å². The lowest BCUT2D eigenvalue weighted by Gasteiger charge is -2.39. The Morgan fingerprint density at radius 2 is 1.91 bits per heavy atom. The first kappa shape index (κ1) is 20.4. The van der Waals surface area contributed by atoms with E-state index in [1.54, 1.807) is 11.1 Å². The summed E-state index contributed by atoms with van der Waals surface area (Å²) in [6.07, 6.45) is 13.9. The molecule has 0 aliphatic carbocycles. The molecule has 3 aliphatic rings. The molecule has 170 valence electrons. The van der Waals surface area contributed by atoms with Crippen LogP contribution in [0.25, 0.3) is 5.52 Å². The van der Waals surface area contributed by atoms with E-state index in [9.17, 15) is 9.59 Å². The Bertz CT molecular complexity index is 1180. The van der Waals surface area contributed by atoms with Crippen LogP contribution in [0.5, 0.6) is 0 Å². The number of amides is 3. The van der Waals surface area contributed by atoms with Crippen LogP contribution in [-0.4, -0.2) is 50.1 Å². The number of rotatable bonds is 5. The molecule has 8 heteroatoms. The quantitative estimate of drug-likeness (QED) is 0.654. The molecular formula is C25H28N6O2. The summed E-state index contributed by atoms with van der Waals surface area (Å²) in [5, 5.41) is 6.82. The zero-order valence-electron chi connectivity index (χ0n) is 18.6. The number of aromatic nitrogens is 3. The topological polar surface area (TPSA) is 82.8 Å². The van der Waals surface area contributed by atoms with E-state index in [4.69, 9.17) is 0 Å². The number of pyridine rings is 2. The molecule has 6 heterocycles.